The fraction of sp³-hybridized carbons (Fsp3) is 0.529. The number of sulfonamides is 1. The summed E-state index contributed by atoms with van der Waals surface area (Å²) in [6.07, 6.45) is 4.76. The summed E-state index contributed by atoms with van der Waals surface area (Å²) in [5.74, 6) is -0.431. The van der Waals surface area contributed by atoms with Crippen LogP contribution in [0, 0.1) is 5.92 Å². The van der Waals surface area contributed by atoms with Gasteiger partial charge in [-0.25, -0.2) is 12.7 Å². The van der Waals surface area contributed by atoms with Gasteiger partial charge in [0.25, 0.3) is 5.91 Å². The zero-order valence-electron chi connectivity index (χ0n) is 14.5. The molecule has 7 nitrogen and oxygen atoms in total. The third kappa shape index (κ3) is 5.54. The van der Waals surface area contributed by atoms with Crippen LogP contribution < -0.4 is 5.32 Å². The summed E-state index contributed by atoms with van der Waals surface area (Å²) in [5, 5.41) is 2.57. The molecular weight excluding hydrogens is 344 g/mol. The number of rotatable bonds is 7. The van der Waals surface area contributed by atoms with Crippen LogP contribution in [-0.2, 0) is 24.3 Å². The molecule has 0 spiro atoms. The van der Waals surface area contributed by atoms with Crippen LogP contribution in [-0.4, -0.2) is 45.3 Å². The van der Waals surface area contributed by atoms with Crippen molar-refractivity contribution in [2.24, 2.45) is 5.92 Å². The highest BCUT2D eigenvalue weighted by atomic mass is 32.2. The van der Waals surface area contributed by atoms with E-state index >= 15 is 0 Å². The van der Waals surface area contributed by atoms with Gasteiger partial charge in [0.1, 0.15) is 0 Å². The molecule has 0 aliphatic heterocycles. The van der Waals surface area contributed by atoms with Crippen LogP contribution in [0.4, 0.5) is 5.69 Å². The predicted octanol–water partition coefficient (Wildman–Crippen LogP) is 2.00. The fourth-order valence-corrected chi connectivity index (χ4v) is 3.67. The predicted molar refractivity (Wildman–Crippen MR) is 93.5 cm³/mol. The lowest BCUT2D eigenvalue weighted by Gasteiger charge is -2.12. The topological polar surface area (TPSA) is 92.8 Å². The number of carbonyl (C=O) groups is 2. The second kappa shape index (κ2) is 8.44. The van der Waals surface area contributed by atoms with Crippen LogP contribution in [0.5, 0.6) is 0 Å². The van der Waals surface area contributed by atoms with Crippen molar-refractivity contribution in [3.05, 3.63) is 24.3 Å². The maximum Gasteiger partial charge on any atom is 0.306 e. The number of hydrogen-bond donors (Lipinski definition) is 1. The molecule has 1 N–H and O–H groups in total. The normalized spacial score (nSPS) is 15.3. The largest absolute Gasteiger partial charge is 0.456 e. The number of ether oxygens (including phenoxy) is 1. The summed E-state index contributed by atoms with van der Waals surface area (Å²) in [6.45, 7) is -0.344. The van der Waals surface area contributed by atoms with E-state index in [2.05, 4.69) is 5.32 Å². The van der Waals surface area contributed by atoms with Gasteiger partial charge in [-0.15, -0.1) is 0 Å². The van der Waals surface area contributed by atoms with Crippen molar-refractivity contribution in [2.45, 2.75) is 37.0 Å². The molecule has 0 bridgehead atoms. The van der Waals surface area contributed by atoms with Crippen molar-refractivity contribution in [2.75, 3.05) is 26.0 Å². The highest BCUT2D eigenvalue weighted by Crippen LogP contribution is 2.27. The molecule has 0 radical (unpaired) electrons. The molecule has 0 saturated heterocycles. The molecule has 2 rings (SSSR count). The molecule has 0 atom stereocenters. The molecular formula is C17H24N2O5S. The van der Waals surface area contributed by atoms with Crippen LogP contribution in [0.1, 0.15) is 32.1 Å². The minimum absolute atomic E-state index is 0.137. The first-order valence-electron chi connectivity index (χ1n) is 8.27. The highest BCUT2D eigenvalue weighted by molar-refractivity contribution is 7.89. The average Bonchev–Trinajstić information content (AvgIpc) is 3.06. The Morgan fingerprint density at radius 2 is 1.76 bits per heavy atom. The summed E-state index contributed by atoms with van der Waals surface area (Å²) >= 11 is 0. The van der Waals surface area contributed by atoms with E-state index in [9.17, 15) is 18.0 Å². The number of nitrogens with zero attached hydrogens (tertiary/aromatic N) is 1. The molecule has 8 heteroatoms. The highest BCUT2D eigenvalue weighted by Gasteiger charge is 2.20. The van der Waals surface area contributed by atoms with Gasteiger partial charge in [0.15, 0.2) is 6.61 Å². The third-order valence-corrected chi connectivity index (χ3v) is 6.04. The van der Waals surface area contributed by atoms with E-state index in [0.717, 1.165) is 30.0 Å². The van der Waals surface area contributed by atoms with Crippen LogP contribution >= 0.6 is 0 Å². The summed E-state index contributed by atoms with van der Waals surface area (Å²) in [7, 11) is -0.605. The van der Waals surface area contributed by atoms with Gasteiger partial charge in [0, 0.05) is 26.2 Å². The van der Waals surface area contributed by atoms with E-state index in [-0.39, 0.29) is 17.5 Å². The summed E-state index contributed by atoms with van der Waals surface area (Å²) < 4.78 is 30.0. The Bertz CT molecular complexity index is 707. The van der Waals surface area contributed by atoms with Gasteiger partial charge in [-0.3, -0.25) is 9.59 Å². The van der Waals surface area contributed by atoms with E-state index < -0.39 is 15.9 Å². The number of amides is 1. The Hall–Kier alpha value is -1.93. The standard InChI is InChI=1S/C17H24N2O5S/c1-19(2)25(22,23)15-9-7-14(8-10-15)18-16(20)12-24-17(21)11-13-5-3-4-6-13/h7-10,13H,3-6,11-12H2,1-2H3,(H,18,20). The Morgan fingerprint density at radius 3 is 2.32 bits per heavy atom. The van der Waals surface area contributed by atoms with Crippen molar-refractivity contribution < 1.29 is 22.7 Å². The number of nitrogens with one attached hydrogen (secondary N) is 1. The van der Waals surface area contributed by atoms with Crippen molar-refractivity contribution in [1.82, 2.24) is 4.31 Å². The average molecular weight is 368 g/mol. The van der Waals surface area contributed by atoms with Gasteiger partial charge in [-0.05, 0) is 43.0 Å². The number of esters is 1. The van der Waals surface area contributed by atoms with E-state index in [1.165, 1.54) is 38.4 Å². The smallest absolute Gasteiger partial charge is 0.306 e. The van der Waals surface area contributed by atoms with Gasteiger partial charge < -0.3 is 10.1 Å². The summed E-state index contributed by atoms with van der Waals surface area (Å²) in [4.78, 5) is 23.7. The quantitative estimate of drug-likeness (QED) is 0.743. The molecule has 1 fully saturated rings. The second-order valence-electron chi connectivity index (χ2n) is 6.38. The molecule has 138 valence electrons. The van der Waals surface area contributed by atoms with Gasteiger partial charge in [0.2, 0.25) is 10.0 Å². The Labute approximate surface area is 148 Å². The molecule has 1 aliphatic rings. The lowest BCUT2D eigenvalue weighted by atomic mass is 10.1. The first kappa shape index (κ1) is 19.4. The van der Waals surface area contributed by atoms with Crippen LogP contribution in [0.3, 0.4) is 0 Å². The van der Waals surface area contributed by atoms with Crippen molar-refractivity contribution >= 4 is 27.6 Å². The number of carbonyl (C=O) groups excluding carboxylic acids is 2. The molecule has 1 aromatic carbocycles. The number of anilines is 1. The van der Waals surface area contributed by atoms with E-state index in [4.69, 9.17) is 4.74 Å². The number of benzene rings is 1. The Morgan fingerprint density at radius 1 is 1.16 bits per heavy atom. The van der Waals surface area contributed by atoms with Crippen molar-refractivity contribution in [1.29, 1.82) is 0 Å². The third-order valence-electron chi connectivity index (χ3n) is 4.21. The van der Waals surface area contributed by atoms with Crippen molar-refractivity contribution in [3.63, 3.8) is 0 Å². The Kier molecular flexibility index (Phi) is 6.55. The zero-order chi connectivity index (χ0) is 18.4. The van der Waals surface area contributed by atoms with E-state index in [1.54, 1.807) is 0 Å². The lowest BCUT2D eigenvalue weighted by molar-refractivity contribution is -0.148. The first-order chi connectivity index (χ1) is 11.8. The SMILES string of the molecule is CN(C)S(=O)(=O)c1ccc(NC(=O)COC(=O)CC2CCCC2)cc1. The minimum atomic E-state index is -3.50. The molecule has 0 aromatic heterocycles. The summed E-state index contributed by atoms with van der Waals surface area (Å²) in [6, 6.07) is 5.82. The molecule has 0 heterocycles. The maximum atomic E-state index is 12.0. The van der Waals surface area contributed by atoms with Crippen molar-refractivity contribution in [3.8, 4) is 0 Å². The molecule has 1 aliphatic carbocycles. The first-order valence-corrected chi connectivity index (χ1v) is 9.71. The maximum absolute atomic E-state index is 12.0. The summed E-state index contributed by atoms with van der Waals surface area (Å²) in [5.41, 5.74) is 0.439. The Balaban J connectivity index is 1.81. The second-order valence-corrected chi connectivity index (χ2v) is 8.53. The molecule has 1 saturated carbocycles. The molecule has 25 heavy (non-hydrogen) atoms. The monoisotopic (exact) mass is 368 g/mol. The van der Waals surface area contributed by atoms with E-state index in [1.807, 2.05) is 0 Å². The molecule has 1 aromatic rings. The van der Waals surface area contributed by atoms with E-state index in [0.29, 0.717) is 18.0 Å². The zero-order valence-corrected chi connectivity index (χ0v) is 15.3. The van der Waals surface area contributed by atoms with Gasteiger partial charge in [0.05, 0.1) is 4.90 Å². The fourth-order valence-electron chi connectivity index (χ4n) is 2.77. The number of hydrogen-bond acceptors (Lipinski definition) is 5. The van der Waals surface area contributed by atoms with Gasteiger partial charge >= 0.3 is 5.97 Å². The van der Waals surface area contributed by atoms with Crippen LogP contribution in [0.2, 0.25) is 0 Å². The van der Waals surface area contributed by atoms with Crippen LogP contribution in [0.15, 0.2) is 29.2 Å². The van der Waals surface area contributed by atoms with Gasteiger partial charge in [-0.1, -0.05) is 12.8 Å². The molecule has 0 unspecified atom stereocenters. The lowest BCUT2D eigenvalue weighted by Crippen LogP contribution is -2.23. The van der Waals surface area contributed by atoms with Crippen LogP contribution in [0.25, 0.3) is 0 Å². The minimum Gasteiger partial charge on any atom is -0.456 e. The van der Waals surface area contributed by atoms with Gasteiger partial charge in [-0.2, -0.15) is 0 Å². The molecule has 1 amide bonds.